The van der Waals surface area contributed by atoms with E-state index < -0.39 is 0 Å². The first-order chi connectivity index (χ1) is 10.1. The SMILES string of the molecule is CC1CC(C)C(Cc2nc(C3CCCCC3)n[nH]2)C(C)C1. The van der Waals surface area contributed by atoms with Gasteiger partial charge in [-0.05, 0) is 49.4 Å². The van der Waals surface area contributed by atoms with Crippen molar-refractivity contribution < 1.29 is 0 Å². The molecule has 1 aromatic rings. The number of aromatic amines is 1. The monoisotopic (exact) mass is 289 g/mol. The van der Waals surface area contributed by atoms with Crippen LogP contribution >= 0.6 is 0 Å². The van der Waals surface area contributed by atoms with Crippen molar-refractivity contribution in [2.24, 2.45) is 23.7 Å². The molecule has 2 aliphatic carbocycles. The zero-order chi connectivity index (χ0) is 14.8. The first-order valence-electron chi connectivity index (χ1n) is 9.04. The Labute approximate surface area is 129 Å². The first kappa shape index (κ1) is 15.1. The molecule has 1 N–H and O–H groups in total. The van der Waals surface area contributed by atoms with Crippen LogP contribution in [-0.4, -0.2) is 15.2 Å². The molecule has 0 aromatic carbocycles. The van der Waals surface area contributed by atoms with E-state index in [2.05, 4.69) is 31.0 Å². The van der Waals surface area contributed by atoms with Crippen LogP contribution in [0.2, 0.25) is 0 Å². The van der Waals surface area contributed by atoms with Crippen molar-refractivity contribution in [2.75, 3.05) is 0 Å². The highest BCUT2D eigenvalue weighted by molar-refractivity contribution is 5.01. The molecule has 0 saturated heterocycles. The molecule has 3 heteroatoms. The van der Waals surface area contributed by atoms with Crippen LogP contribution in [0.25, 0.3) is 0 Å². The predicted molar refractivity (Wildman–Crippen MR) is 86.1 cm³/mol. The lowest BCUT2D eigenvalue weighted by molar-refractivity contribution is 0.133. The van der Waals surface area contributed by atoms with E-state index in [0.717, 1.165) is 41.7 Å². The van der Waals surface area contributed by atoms with Gasteiger partial charge in [-0.25, -0.2) is 4.98 Å². The van der Waals surface area contributed by atoms with E-state index in [-0.39, 0.29) is 0 Å². The molecule has 1 aromatic heterocycles. The summed E-state index contributed by atoms with van der Waals surface area (Å²) in [5.41, 5.74) is 0. The topological polar surface area (TPSA) is 41.6 Å². The third kappa shape index (κ3) is 3.49. The van der Waals surface area contributed by atoms with Gasteiger partial charge in [0.2, 0.25) is 0 Å². The number of aromatic nitrogens is 3. The van der Waals surface area contributed by atoms with Crippen LogP contribution in [-0.2, 0) is 6.42 Å². The third-order valence-electron chi connectivity index (χ3n) is 5.96. The number of H-pyrrole nitrogens is 1. The summed E-state index contributed by atoms with van der Waals surface area (Å²) in [7, 11) is 0. The molecule has 2 unspecified atom stereocenters. The maximum Gasteiger partial charge on any atom is 0.153 e. The minimum atomic E-state index is 0.616. The van der Waals surface area contributed by atoms with Gasteiger partial charge >= 0.3 is 0 Å². The lowest BCUT2D eigenvalue weighted by atomic mass is 9.68. The molecule has 0 aliphatic heterocycles. The molecule has 3 rings (SSSR count). The van der Waals surface area contributed by atoms with Gasteiger partial charge in [0.25, 0.3) is 0 Å². The Balaban J connectivity index is 1.63. The minimum Gasteiger partial charge on any atom is -0.263 e. The molecule has 2 saturated carbocycles. The number of hydrogen-bond acceptors (Lipinski definition) is 2. The van der Waals surface area contributed by atoms with Crippen molar-refractivity contribution in [3.05, 3.63) is 11.6 Å². The Kier molecular flexibility index (Phi) is 4.66. The quantitative estimate of drug-likeness (QED) is 0.875. The predicted octanol–water partition coefficient (Wildman–Crippen LogP) is 4.71. The highest BCUT2D eigenvalue weighted by Crippen LogP contribution is 2.39. The molecule has 118 valence electrons. The van der Waals surface area contributed by atoms with E-state index in [9.17, 15) is 0 Å². The summed E-state index contributed by atoms with van der Waals surface area (Å²) in [6.45, 7) is 7.25. The van der Waals surface area contributed by atoms with Crippen LogP contribution in [0, 0.1) is 23.7 Å². The molecular formula is C18H31N3. The van der Waals surface area contributed by atoms with E-state index in [1.165, 1.54) is 44.9 Å². The maximum atomic E-state index is 4.85. The van der Waals surface area contributed by atoms with Gasteiger partial charge in [0.05, 0.1) is 0 Å². The van der Waals surface area contributed by atoms with Crippen LogP contribution in [0.4, 0.5) is 0 Å². The van der Waals surface area contributed by atoms with Gasteiger partial charge in [0, 0.05) is 12.3 Å². The fourth-order valence-electron chi connectivity index (χ4n) is 4.85. The zero-order valence-corrected chi connectivity index (χ0v) is 13.9. The van der Waals surface area contributed by atoms with Crippen molar-refractivity contribution in [1.82, 2.24) is 15.2 Å². The van der Waals surface area contributed by atoms with Crippen molar-refractivity contribution in [1.29, 1.82) is 0 Å². The van der Waals surface area contributed by atoms with Gasteiger partial charge in [-0.2, -0.15) is 5.10 Å². The molecule has 0 radical (unpaired) electrons. The Morgan fingerprint density at radius 3 is 2.33 bits per heavy atom. The van der Waals surface area contributed by atoms with Crippen molar-refractivity contribution in [3.8, 4) is 0 Å². The maximum absolute atomic E-state index is 4.85. The van der Waals surface area contributed by atoms with Crippen LogP contribution in [0.3, 0.4) is 0 Å². The van der Waals surface area contributed by atoms with Crippen LogP contribution in [0.1, 0.15) is 83.3 Å². The first-order valence-corrected chi connectivity index (χ1v) is 9.04. The molecular weight excluding hydrogens is 258 g/mol. The van der Waals surface area contributed by atoms with Gasteiger partial charge < -0.3 is 0 Å². The molecule has 0 amide bonds. The van der Waals surface area contributed by atoms with Gasteiger partial charge in [-0.3, -0.25) is 5.10 Å². The largest absolute Gasteiger partial charge is 0.263 e. The normalized spacial score (nSPS) is 35.0. The fourth-order valence-corrected chi connectivity index (χ4v) is 4.85. The van der Waals surface area contributed by atoms with Gasteiger partial charge in [0.15, 0.2) is 5.82 Å². The number of nitrogens with zero attached hydrogens (tertiary/aromatic N) is 2. The summed E-state index contributed by atoms with van der Waals surface area (Å²) in [6, 6.07) is 0. The van der Waals surface area contributed by atoms with Gasteiger partial charge in [-0.1, -0.05) is 40.0 Å². The molecule has 0 bridgehead atoms. The van der Waals surface area contributed by atoms with E-state index in [1.807, 2.05) is 0 Å². The summed E-state index contributed by atoms with van der Waals surface area (Å²) >= 11 is 0. The van der Waals surface area contributed by atoms with Gasteiger partial charge in [0.1, 0.15) is 5.82 Å². The Hall–Kier alpha value is -0.860. The van der Waals surface area contributed by atoms with Crippen molar-refractivity contribution in [2.45, 2.75) is 78.1 Å². The van der Waals surface area contributed by atoms with E-state index in [4.69, 9.17) is 4.98 Å². The Morgan fingerprint density at radius 2 is 1.67 bits per heavy atom. The van der Waals surface area contributed by atoms with Crippen LogP contribution in [0.5, 0.6) is 0 Å². The second kappa shape index (κ2) is 6.50. The summed E-state index contributed by atoms with van der Waals surface area (Å²) in [5, 5.41) is 7.78. The third-order valence-corrected chi connectivity index (χ3v) is 5.96. The standard InChI is InChI=1S/C18H31N3/c1-12-9-13(2)16(14(3)10-12)11-17-19-18(21-20-17)15-7-5-4-6-8-15/h12-16H,4-11H2,1-3H3,(H,19,20,21). The van der Waals surface area contributed by atoms with Crippen molar-refractivity contribution >= 4 is 0 Å². The fraction of sp³-hybridized carbons (Fsp3) is 0.889. The summed E-state index contributed by atoms with van der Waals surface area (Å²) in [5.74, 6) is 6.12. The minimum absolute atomic E-state index is 0.616. The molecule has 2 fully saturated rings. The second-order valence-electron chi connectivity index (χ2n) is 7.87. The van der Waals surface area contributed by atoms with Crippen LogP contribution < -0.4 is 0 Å². The summed E-state index contributed by atoms with van der Waals surface area (Å²) in [6.07, 6.45) is 10.5. The lowest BCUT2D eigenvalue weighted by Crippen LogP contribution is -2.30. The van der Waals surface area contributed by atoms with E-state index in [1.54, 1.807) is 0 Å². The molecule has 0 spiro atoms. The molecule has 3 nitrogen and oxygen atoms in total. The highest BCUT2D eigenvalue weighted by atomic mass is 15.2. The molecule has 1 heterocycles. The number of rotatable bonds is 3. The second-order valence-corrected chi connectivity index (χ2v) is 7.87. The lowest BCUT2D eigenvalue weighted by Gasteiger charge is -2.37. The average molecular weight is 289 g/mol. The smallest absolute Gasteiger partial charge is 0.153 e. The summed E-state index contributed by atoms with van der Waals surface area (Å²) in [4.78, 5) is 4.85. The Morgan fingerprint density at radius 1 is 1.00 bits per heavy atom. The highest BCUT2D eigenvalue weighted by Gasteiger charge is 2.32. The van der Waals surface area contributed by atoms with E-state index >= 15 is 0 Å². The molecule has 2 atom stereocenters. The number of hydrogen-bond donors (Lipinski definition) is 1. The van der Waals surface area contributed by atoms with E-state index in [0.29, 0.717) is 5.92 Å². The zero-order valence-electron chi connectivity index (χ0n) is 13.9. The van der Waals surface area contributed by atoms with Gasteiger partial charge in [-0.15, -0.1) is 0 Å². The summed E-state index contributed by atoms with van der Waals surface area (Å²) < 4.78 is 0. The van der Waals surface area contributed by atoms with Crippen LogP contribution in [0.15, 0.2) is 0 Å². The average Bonchev–Trinajstić information content (AvgIpc) is 2.92. The Bertz CT molecular complexity index is 435. The molecule has 2 aliphatic rings. The van der Waals surface area contributed by atoms with Crippen molar-refractivity contribution in [3.63, 3.8) is 0 Å². The molecule has 21 heavy (non-hydrogen) atoms. The number of nitrogens with one attached hydrogen (secondary N) is 1.